The molecule has 0 radical (unpaired) electrons. The zero-order valence-electron chi connectivity index (χ0n) is 2.79. The third-order valence-corrected chi connectivity index (χ3v) is 0.418. The van der Waals surface area contributed by atoms with Crippen LogP contribution in [0.15, 0.2) is 4.76 Å². The monoisotopic (exact) mass is 106 g/mol. The number of nitrogens with zero attached hydrogens (tertiary/aromatic N) is 1. The van der Waals surface area contributed by atoms with Gasteiger partial charge in [-0.3, -0.25) is 0 Å². The predicted octanol–water partition coefficient (Wildman–Crippen LogP) is -0.0494. The molecule has 0 atom stereocenters. The molecule has 0 aliphatic carbocycles. The van der Waals surface area contributed by atoms with Gasteiger partial charge in [0, 0.05) is 0 Å². The maximum absolute atomic E-state index is 7.82. The molecule has 0 aliphatic heterocycles. The summed E-state index contributed by atoms with van der Waals surface area (Å²) in [6.45, 7) is 0. The van der Waals surface area contributed by atoms with Crippen molar-refractivity contribution in [3.8, 4) is 0 Å². The topological polar surface area (TPSA) is 76.7 Å². The first kappa shape index (κ1) is 5.73. The predicted molar refractivity (Wildman–Crippen MR) is 21.5 cm³/mol. The third kappa shape index (κ3) is 3.73. The number of nitrogens with one attached hydrogen (secondary N) is 1. The first-order chi connectivity index (χ1) is 2.77. The maximum atomic E-state index is 7.82. The molecular weight excluding hydrogens is 103 g/mol. The van der Waals surface area contributed by atoms with E-state index in [4.69, 9.17) is 15.2 Å². The summed E-state index contributed by atoms with van der Waals surface area (Å²) in [5.74, 6) is 0. The number of hydrogen-bond acceptors (Lipinski definition) is 4. The standard InChI is InChI=1S/CH3N2O2P/c2-1-3-6(4)5/h2,4-5H. The molecule has 0 rings (SSSR count). The van der Waals surface area contributed by atoms with Gasteiger partial charge in [-0.05, 0) is 0 Å². The van der Waals surface area contributed by atoms with Crippen LogP contribution < -0.4 is 0 Å². The van der Waals surface area contributed by atoms with Gasteiger partial charge in [-0.25, -0.2) is 5.41 Å². The molecule has 0 unspecified atom stereocenters. The van der Waals surface area contributed by atoms with Gasteiger partial charge in [0.2, 0.25) is 0 Å². The van der Waals surface area contributed by atoms with E-state index < -0.39 is 8.53 Å². The largest absolute Gasteiger partial charge is 0.332 e. The normalized spacial score (nSPS) is 7.83. The van der Waals surface area contributed by atoms with Crippen LogP contribution >= 0.6 is 8.53 Å². The molecule has 0 spiro atoms. The molecule has 0 aromatic carbocycles. The summed E-state index contributed by atoms with van der Waals surface area (Å²) in [6.07, 6.45) is 0. The van der Waals surface area contributed by atoms with Crippen LogP contribution in [0.3, 0.4) is 0 Å². The molecule has 34 valence electrons. The minimum absolute atomic E-state index is 1.47. The Morgan fingerprint density at radius 1 is 1.67 bits per heavy atom. The number of rotatable bonds is 1. The summed E-state index contributed by atoms with van der Waals surface area (Å²) in [5.41, 5.74) is 0. The summed E-state index contributed by atoms with van der Waals surface area (Å²) in [7, 11) is -2.27. The maximum Gasteiger partial charge on any atom is 0.314 e. The second kappa shape index (κ2) is 2.94. The van der Waals surface area contributed by atoms with E-state index in [0.29, 0.717) is 0 Å². The Morgan fingerprint density at radius 2 is 2.17 bits per heavy atom. The van der Waals surface area contributed by atoms with E-state index in [9.17, 15) is 0 Å². The molecule has 0 aliphatic rings. The Morgan fingerprint density at radius 3 is 2.17 bits per heavy atom. The van der Waals surface area contributed by atoms with Crippen molar-refractivity contribution in [2.45, 2.75) is 0 Å². The SMILES string of the molecule is N=C=NP(O)O. The van der Waals surface area contributed by atoms with Crippen LogP contribution in [0, 0.1) is 5.41 Å². The van der Waals surface area contributed by atoms with Crippen molar-refractivity contribution in [3.05, 3.63) is 0 Å². The lowest BCUT2D eigenvalue weighted by atomic mass is 11.6. The van der Waals surface area contributed by atoms with Gasteiger partial charge < -0.3 is 9.79 Å². The summed E-state index contributed by atoms with van der Waals surface area (Å²) in [4.78, 5) is 15.6. The molecule has 0 amide bonds. The second-order valence-electron chi connectivity index (χ2n) is 0.480. The van der Waals surface area contributed by atoms with Crippen molar-refractivity contribution in [2.24, 2.45) is 4.76 Å². The van der Waals surface area contributed by atoms with Crippen molar-refractivity contribution in [1.82, 2.24) is 0 Å². The van der Waals surface area contributed by atoms with Crippen LogP contribution in [0.2, 0.25) is 0 Å². The molecule has 3 N–H and O–H groups in total. The van der Waals surface area contributed by atoms with E-state index in [0.717, 1.165) is 0 Å². The van der Waals surface area contributed by atoms with Crippen molar-refractivity contribution >= 4 is 14.5 Å². The molecule has 0 bridgehead atoms. The van der Waals surface area contributed by atoms with Crippen molar-refractivity contribution in [1.29, 1.82) is 5.41 Å². The van der Waals surface area contributed by atoms with Gasteiger partial charge in [0.25, 0.3) is 0 Å². The Kier molecular flexibility index (Phi) is 2.81. The second-order valence-corrected chi connectivity index (χ2v) is 1.22. The summed E-state index contributed by atoms with van der Waals surface area (Å²) in [6, 6.07) is 1.47. The molecule has 6 heavy (non-hydrogen) atoms. The highest BCUT2D eigenvalue weighted by atomic mass is 31.2. The van der Waals surface area contributed by atoms with E-state index in [1.165, 1.54) is 6.01 Å². The minimum atomic E-state index is -2.27. The van der Waals surface area contributed by atoms with E-state index in [-0.39, 0.29) is 0 Å². The van der Waals surface area contributed by atoms with Crippen molar-refractivity contribution in [2.75, 3.05) is 0 Å². The molecule has 5 heteroatoms. The highest BCUT2D eigenvalue weighted by molar-refractivity contribution is 7.43. The average Bonchev–Trinajstić information content (AvgIpc) is 1.35. The fraction of sp³-hybridized carbons (Fsp3) is 0. The molecule has 0 heterocycles. The Hall–Kier alpha value is -0.270. The van der Waals surface area contributed by atoms with Gasteiger partial charge in [-0.15, -0.1) is 4.76 Å². The third-order valence-electron chi connectivity index (χ3n) is 0.139. The highest BCUT2D eigenvalue weighted by Crippen LogP contribution is 2.21. The lowest BCUT2D eigenvalue weighted by Gasteiger charge is -1.80. The minimum Gasteiger partial charge on any atom is -0.332 e. The Labute approximate surface area is 35.6 Å². The van der Waals surface area contributed by atoms with Crippen LogP contribution in [0.4, 0.5) is 0 Å². The van der Waals surface area contributed by atoms with Crippen LogP contribution in [-0.4, -0.2) is 15.8 Å². The summed E-state index contributed by atoms with van der Waals surface area (Å²) in [5, 5.41) is 6.01. The van der Waals surface area contributed by atoms with Gasteiger partial charge in [-0.2, -0.15) is 0 Å². The fourth-order valence-corrected chi connectivity index (χ4v) is 0.134. The van der Waals surface area contributed by atoms with E-state index in [2.05, 4.69) is 4.76 Å². The zero-order valence-corrected chi connectivity index (χ0v) is 3.68. The zero-order chi connectivity index (χ0) is 4.99. The molecule has 0 saturated carbocycles. The molecule has 4 nitrogen and oxygen atoms in total. The molecular formula is CH3N2O2P. The fourth-order valence-electron chi connectivity index (χ4n) is 0.0447. The van der Waals surface area contributed by atoms with Gasteiger partial charge in [0.1, 0.15) is 0 Å². The van der Waals surface area contributed by atoms with E-state index in [1.54, 1.807) is 0 Å². The van der Waals surface area contributed by atoms with Gasteiger partial charge in [0.05, 0.1) is 6.01 Å². The first-order valence-corrected chi connectivity index (χ1v) is 2.27. The van der Waals surface area contributed by atoms with Crippen LogP contribution in [0.1, 0.15) is 0 Å². The number of hydrogen-bond donors (Lipinski definition) is 3. The van der Waals surface area contributed by atoms with Crippen LogP contribution in [0.25, 0.3) is 0 Å². The molecule has 0 aromatic rings. The van der Waals surface area contributed by atoms with Gasteiger partial charge >= 0.3 is 8.53 Å². The average molecular weight is 106 g/mol. The smallest absolute Gasteiger partial charge is 0.314 e. The molecule has 0 fully saturated rings. The van der Waals surface area contributed by atoms with Crippen LogP contribution in [0.5, 0.6) is 0 Å². The lowest BCUT2D eigenvalue weighted by molar-refractivity contribution is 0.485. The van der Waals surface area contributed by atoms with E-state index in [1.807, 2.05) is 0 Å². The quantitative estimate of drug-likeness (QED) is 0.323. The lowest BCUT2D eigenvalue weighted by Crippen LogP contribution is -1.55. The summed E-state index contributed by atoms with van der Waals surface area (Å²) < 4.78 is 2.72. The highest BCUT2D eigenvalue weighted by Gasteiger charge is 1.84. The summed E-state index contributed by atoms with van der Waals surface area (Å²) >= 11 is 0. The van der Waals surface area contributed by atoms with Gasteiger partial charge in [-0.1, -0.05) is 0 Å². The van der Waals surface area contributed by atoms with Crippen LogP contribution in [-0.2, 0) is 0 Å². The Bertz CT molecular complexity index is 75.6. The molecule has 0 aromatic heterocycles. The van der Waals surface area contributed by atoms with Crippen molar-refractivity contribution in [3.63, 3.8) is 0 Å². The Balaban J connectivity index is 3.29. The first-order valence-electron chi connectivity index (χ1n) is 1.07. The molecule has 0 saturated heterocycles. The van der Waals surface area contributed by atoms with Gasteiger partial charge in [0.15, 0.2) is 0 Å². The van der Waals surface area contributed by atoms with Crippen molar-refractivity contribution < 1.29 is 9.79 Å². The van der Waals surface area contributed by atoms with E-state index >= 15 is 0 Å².